The number of rotatable bonds is 2. The minimum Gasteiger partial charge on any atom is -0.458 e. The second kappa shape index (κ2) is 4.18. The van der Waals surface area contributed by atoms with E-state index < -0.39 is 0 Å². The number of esters is 1. The Bertz CT molecular complexity index is 561. The van der Waals surface area contributed by atoms with Gasteiger partial charge >= 0.3 is 5.97 Å². The molecule has 0 radical (unpaired) electrons. The average molecular weight is 272 g/mol. The first kappa shape index (κ1) is 13.3. The van der Waals surface area contributed by atoms with Crippen LogP contribution >= 0.6 is 0 Å². The van der Waals surface area contributed by atoms with Gasteiger partial charge in [-0.1, -0.05) is 39.0 Å². The van der Waals surface area contributed by atoms with Crippen molar-refractivity contribution in [1.82, 2.24) is 0 Å². The third-order valence-electron chi connectivity index (χ3n) is 5.70. The van der Waals surface area contributed by atoms with Crippen LogP contribution in [0.2, 0.25) is 0 Å². The number of ketones is 1. The topological polar surface area (TPSA) is 43.4 Å². The molecule has 106 valence electrons. The lowest BCUT2D eigenvalue weighted by atomic mass is 9.70. The molecule has 2 saturated carbocycles. The van der Waals surface area contributed by atoms with Gasteiger partial charge in [-0.3, -0.25) is 4.79 Å². The predicted octanol–water partition coefficient (Wildman–Crippen LogP) is 3.24. The summed E-state index contributed by atoms with van der Waals surface area (Å²) in [6.45, 7) is 6.27. The van der Waals surface area contributed by atoms with Crippen LogP contribution in [-0.4, -0.2) is 17.9 Å². The summed E-state index contributed by atoms with van der Waals surface area (Å²) in [5, 5.41) is 0. The molecule has 20 heavy (non-hydrogen) atoms. The molecule has 2 fully saturated rings. The minimum absolute atomic E-state index is 0.0915. The molecule has 0 spiro atoms. The van der Waals surface area contributed by atoms with Gasteiger partial charge in [-0.15, -0.1) is 0 Å². The van der Waals surface area contributed by atoms with E-state index in [0.717, 1.165) is 0 Å². The van der Waals surface area contributed by atoms with Crippen molar-refractivity contribution >= 4 is 11.8 Å². The summed E-state index contributed by atoms with van der Waals surface area (Å²) in [7, 11) is 0. The summed E-state index contributed by atoms with van der Waals surface area (Å²) >= 11 is 0. The first-order valence-corrected chi connectivity index (χ1v) is 7.15. The first-order valence-electron chi connectivity index (χ1n) is 7.15. The Hall–Kier alpha value is -1.64. The monoisotopic (exact) mass is 272 g/mol. The van der Waals surface area contributed by atoms with Crippen LogP contribution in [0.4, 0.5) is 0 Å². The molecule has 0 saturated heterocycles. The van der Waals surface area contributed by atoms with Crippen molar-refractivity contribution in [2.24, 2.45) is 16.7 Å². The van der Waals surface area contributed by atoms with Gasteiger partial charge in [0.15, 0.2) is 0 Å². The van der Waals surface area contributed by atoms with Gasteiger partial charge in [0, 0.05) is 17.8 Å². The van der Waals surface area contributed by atoms with E-state index in [9.17, 15) is 9.59 Å². The van der Waals surface area contributed by atoms with Crippen molar-refractivity contribution in [3.05, 3.63) is 35.9 Å². The number of carbonyl (C=O) groups is 2. The van der Waals surface area contributed by atoms with Gasteiger partial charge in [0.1, 0.15) is 11.9 Å². The number of Topliss-reactive ketones (excluding diaryl/α,β-unsaturated/α-hetero) is 1. The van der Waals surface area contributed by atoms with Crippen LogP contribution < -0.4 is 0 Å². The molecule has 0 amide bonds. The van der Waals surface area contributed by atoms with E-state index in [4.69, 9.17) is 4.74 Å². The Morgan fingerprint density at radius 1 is 1.20 bits per heavy atom. The Labute approximate surface area is 119 Å². The summed E-state index contributed by atoms with van der Waals surface area (Å²) in [5.41, 5.74) is 0.134. The summed E-state index contributed by atoms with van der Waals surface area (Å²) in [4.78, 5) is 24.3. The molecule has 2 aliphatic carbocycles. The molecule has 1 aromatic carbocycles. The van der Waals surface area contributed by atoms with Crippen LogP contribution in [0.1, 0.15) is 44.0 Å². The molecule has 0 aliphatic heterocycles. The maximum atomic E-state index is 12.2. The Morgan fingerprint density at radius 2 is 1.85 bits per heavy atom. The molecule has 0 N–H and O–H groups in total. The lowest BCUT2D eigenvalue weighted by molar-refractivity contribution is -0.129. The number of fused-ring (bicyclic) bond motifs is 2. The van der Waals surface area contributed by atoms with Crippen molar-refractivity contribution in [1.29, 1.82) is 0 Å². The lowest BCUT2D eigenvalue weighted by Gasteiger charge is -2.31. The number of ether oxygens (including phenoxy) is 1. The van der Waals surface area contributed by atoms with Gasteiger partial charge in [0.25, 0.3) is 0 Å². The van der Waals surface area contributed by atoms with Crippen molar-refractivity contribution < 1.29 is 14.3 Å². The van der Waals surface area contributed by atoms with Gasteiger partial charge < -0.3 is 4.74 Å². The smallest absolute Gasteiger partial charge is 0.338 e. The molecule has 3 rings (SSSR count). The molecule has 3 unspecified atom stereocenters. The molecule has 2 aliphatic rings. The second-order valence-corrected chi connectivity index (χ2v) is 6.80. The Morgan fingerprint density at radius 3 is 2.35 bits per heavy atom. The molecule has 3 atom stereocenters. The van der Waals surface area contributed by atoms with Crippen LogP contribution in [0.3, 0.4) is 0 Å². The minimum atomic E-state index is -0.348. The zero-order valence-corrected chi connectivity index (χ0v) is 12.2. The van der Waals surface area contributed by atoms with Crippen LogP contribution in [0, 0.1) is 16.7 Å². The average Bonchev–Trinajstić information content (AvgIpc) is 2.70. The Kier molecular flexibility index (Phi) is 2.79. The molecular weight excluding hydrogens is 252 g/mol. The van der Waals surface area contributed by atoms with E-state index in [0.29, 0.717) is 24.2 Å². The summed E-state index contributed by atoms with van der Waals surface area (Å²) in [5.74, 6) is 0.183. The molecule has 3 heteroatoms. The van der Waals surface area contributed by atoms with E-state index in [2.05, 4.69) is 13.8 Å². The van der Waals surface area contributed by atoms with Gasteiger partial charge in [-0.25, -0.2) is 4.79 Å². The van der Waals surface area contributed by atoms with Crippen molar-refractivity contribution in [3.8, 4) is 0 Å². The maximum Gasteiger partial charge on any atom is 0.338 e. The fourth-order valence-corrected chi connectivity index (χ4v) is 3.87. The summed E-state index contributed by atoms with van der Waals surface area (Å²) in [6, 6.07) is 9.04. The van der Waals surface area contributed by atoms with Crippen molar-refractivity contribution in [2.75, 3.05) is 0 Å². The quantitative estimate of drug-likeness (QED) is 0.776. The van der Waals surface area contributed by atoms with Crippen LogP contribution in [0.25, 0.3) is 0 Å². The van der Waals surface area contributed by atoms with Crippen LogP contribution in [0.15, 0.2) is 30.3 Å². The molecule has 2 bridgehead atoms. The Balaban J connectivity index is 1.79. The van der Waals surface area contributed by atoms with Gasteiger partial charge in [0.05, 0.1) is 5.56 Å². The number of carbonyl (C=O) groups excluding carboxylic acids is 2. The fraction of sp³-hybridized carbons (Fsp3) is 0.529. The van der Waals surface area contributed by atoms with E-state index >= 15 is 0 Å². The largest absolute Gasteiger partial charge is 0.458 e. The molecule has 0 aromatic heterocycles. The molecule has 0 heterocycles. The summed E-state index contributed by atoms with van der Waals surface area (Å²) < 4.78 is 5.69. The lowest BCUT2D eigenvalue weighted by Crippen LogP contribution is -2.33. The van der Waals surface area contributed by atoms with Gasteiger partial charge in [-0.05, 0) is 24.0 Å². The highest BCUT2D eigenvalue weighted by molar-refractivity contribution is 5.91. The third-order valence-corrected chi connectivity index (χ3v) is 5.70. The number of benzene rings is 1. The van der Waals surface area contributed by atoms with E-state index in [1.807, 2.05) is 25.1 Å². The van der Waals surface area contributed by atoms with E-state index in [1.54, 1.807) is 12.1 Å². The third kappa shape index (κ3) is 1.65. The normalized spacial score (nSPS) is 34.2. The van der Waals surface area contributed by atoms with Crippen molar-refractivity contribution in [3.63, 3.8) is 0 Å². The van der Waals surface area contributed by atoms with Crippen LogP contribution in [0.5, 0.6) is 0 Å². The fourth-order valence-electron chi connectivity index (χ4n) is 3.87. The molecule has 1 aromatic rings. The highest BCUT2D eigenvalue weighted by Gasteiger charge is 2.66. The van der Waals surface area contributed by atoms with Crippen LogP contribution in [-0.2, 0) is 9.53 Å². The standard InChI is InChI=1S/C17H20O3/c1-16(2)12-9-14(18)17(16,3)10-13(12)20-15(19)11-7-5-4-6-8-11/h4-8,12-13H,9-10H2,1-3H3. The van der Waals surface area contributed by atoms with Crippen molar-refractivity contribution in [2.45, 2.75) is 39.7 Å². The highest BCUT2D eigenvalue weighted by Crippen LogP contribution is 2.64. The van der Waals surface area contributed by atoms with Gasteiger partial charge in [-0.2, -0.15) is 0 Å². The number of hydrogen-bond acceptors (Lipinski definition) is 3. The maximum absolute atomic E-state index is 12.2. The zero-order valence-electron chi connectivity index (χ0n) is 12.2. The molecular formula is C17H20O3. The first-order chi connectivity index (χ1) is 9.36. The summed E-state index contributed by atoms with van der Waals surface area (Å²) in [6.07, 6.45) is 1.05. The second-order valence-electron chi connectivity index (χ2n) is 6.80. The molecule has 3 nitrogen and oxygen atoms in total. The van der Waals surface area contributed by atoms with E-state index in [-0.39, 0.29) is 28.8 Å². The SMILES string of the molecule is CC12CC(OC(=O)c3ccccc3)C(CC1=O)C2(C)C. The predicted molar refractivity (Wildman–Crippen MR) is 75.3 cm³/mol. The van der Waals surface area contributed by atoms with Gasteiger partial charge in [0.2, 0.25) is 0 Å². The number of hydrogen-bond donors (Lipinski definition) is 0. The zero-order chi connectivity index (χ0) is 14.5. The highest BCUT2D eigenvalue weighted by atomic mass is 16.5. The van der Waals surface area contributed by atoms with E-state index in [1.165, 1.54) is 0 Å².